The molecular weight excluding hydrogens is 154 g/mol. The fourth-order valence-electron chi connectivity index (χ4n) is 0.826. The second-order valence-electron chi connectivity index (χ2n) is 2.82. The third-order valence-electron chi connectivity index (χ3n) is 1.60. The van der Waals surface area contributed by atoms with Crippen LogP contribution in [0.25, 0.3) is 0 Å². The third-order valence-corrected chi connectivity index (χ3v) is 1.60. The molecule has 0 aromatic rings. The first-order chi connectivity index (χ1) is 5.81. The highest BCUT2D eigenvalue weighted by Crippen LogP contribution is 1.97. The van der Waals surface area contributed by atoms with E-state index in [2.05, 4.69) is 6.92 Å². The molecule has 0 bridgehead atoms. The Labute approximate surface area is 74.3 Å². The number of hydrogen-bond donors (Lipinski definition) is 1. The van der Waals surface area contributed by atoms with E-state index in [4.69, 9.17) is 10.5 Å². The van der Waals surface area contributed by atoms with Gasteiger partial charge in [0.25, 0.3) is 0 Å². The fourth-order valence-corrected chi connectivity index (χ4v) is 0.826. The van der Waals surface area contributed by atoms with Crippen molar-refractivity contribution in [1.29, 1.82) is 0 Å². The molecule has 0 amide bonds. The van der Waals surface area contributed by atoms with Crippen molar-refractivity contribution in [1.82, 2.24) is 0 Å². The normalized spacial score (nSPS) is 9.83. The lowest BCUT2D eigenvalue weighted by molar-refractivity contribution is -0.143. The number of hydrogen-bond acceptors (Lipinski definition) is 3. The number of rotatable bonds is 7. The smallest absolute Gasteiger partial charge is 0.305 e. The van der Waals surface area contributed by atoms with Crippen LogP contribution in [-0.4, -0.2) is 19.1 Å². The van der Waals surface area contributed by atoms with Crippen molar-refractivity contribution in [2.75, 3.05) is 13.2 Å². The molecule has 0 aromatic carbocycles. The Bertz CT molecular complexity index is 115. The van der Waals surface area contributed by atoms with Gasteiger partial charge in [0.1, 0.15) is 0 Å². The van der Waals surface area contributed by atoms with Crippen LogP contribution in [0.1, 0.15) is 39.0 Å². The van der Waals surface area contributed by atoms with E-state index in [-0.39, 0.29) is 5.97 Å². The molecule has 0 aliphatic heterocycles. The van der Waals surface area contributed by atoms with Crippen molar-refractivity contribution in [2.45, 2.75) is 39.0 Å². The van der Waals surface area contributed by atoms with E-state index in [1.54, 1.807) is 0 Å². The molecule has 12 heavy (non-hydrogen) atoms. The van der Waals surface area contributed by atoms with Crippen LogP contribution in [0, 0.1) is 0 Å². The minimum absolute atomic E-state index is 0.0751. The molecule has 3 heteroatoms. The molecule has 2 N–H and O–H groups in total. The van der Waals surface area contributed by atoms with E-state index >= 15 is 0 Å². The van der Waals surface area contributed by atoms with E-state index in [0.29, 0.717) is 19.6 Å². The van der Waals surface area contributed by atoms with Crippen LogP contribution in [0.3, 0.4) is 0 Å². The average Bonchev–Trinajstić information content (AvgIpc) is 2.09. The van der Waals surface area contributed by atoms with Crippen LogP contribution in [0.4, 0.5) is 0 Å². The quantitative estimate of drug-likeness (QED) is 0.468. The number of carbonyl (C=O) groups excluding carboxylic acids is 1. The monoisotopic (exact) mass is 173 g/mol. The standard InChI is InChI=1S/C9H19NO2/c1-2-3-6-9(11)12-8-5-4-7-10/h2-8,10H2,1H3. The van der Waals surface area contributed by atoms with E-state index in [0.717, 1.165) is 25.7 Å². The van der Waals surface area contributed by atoms with Gasteiger partial charge in [-0.05, 0) is 25.8 Å². The molecule has 0 aromatic heterocycles. The van der Waals surface area contributed by atoms with Crippen molar-refractivity contribution in [3.63, 3.8) is 0 Å². The minimum atomic E-state index is -0.0751. The highest BCUT2D eigenvalue weighted by Gasteiger charge is 1.99. The molecule has 0 heterocycles. The Morgan fingerprint density at radius 2 is 2.08 bits per heavy atom. The van der Waals surface area contributed by atoms with Gasteiger partial charge in [-0.25, -0.2) is 0 Å². The summed E-state index contributed by atoms with van der Waals surface area (Å²) in [4.78, 5) is 10.9. The van der Waals surface area contributed by atoms with Gasteiger partial charge in [0.05, 0.1) is 6.61 Å². The van der Waals surface area contributed by atoms with Gasteiger partial charge in [-0.2, -0.15) is 0 Å². The zero-order chi connectivity index (χ0) is 9.23. The maximum absolute atomic E-state index is 10.9. The number of unbranched alkanes of at least 4 members (excludes halogenated alkanes) is 2. The Hall–Kier alpha value is -0.570. The molecule has 3 nitrogen and oxygen atoms in total. The Morgan fingerprint density at radius 3 is 2.67 bits per heavy atom. The molecule has 0 saturated carbocycles. The van der Waals surface area contributed by atoms with Gasteiger partial charge in [-0.3, -0.25) is 4.79 Å². The van der Waals surface area contributed by atoms with Crippen molar-refractivity contribution in [3.8, 4) is 0 Å². The average molecular weight is 173 g/mol. The predicted octanol–water partition coefficient (Wildman–Crippen LogP) is 1.46. The first-order valence-corrected chi connectivity index (χ1v) is 4.67. The lowest BCUT2D eigenvalue weighted by Crippen LogP contribution is -2.07. The zero-order valence-corrected chi connectivity index (χ0v) is 7.84. The topological polar surface area (TPSA) is 52.3 Å². The molecule has 0 spiro atoms. The lowest BCUT2D eigenvalue weighted by Gasteiger charge is -2.02. The Kier molecular flexibility index (Phi) is 8.12. The Balaban J connectivity index is 3.08. The van der Waals surface area contributed by atoms with Crippen molar-refractivity contribution in [3.05, 3.63) is 0 Å². The van der Waals surface area contributed by atoms with Gasteiger partial charge in [0, 0.05) is 6.42 Å². The summed E-state index contributed by atoms with van der Waals surface area (Å²) in [6.45, 7) is 3.26. The van der Waals surface area contributed by atoms with Gasteiger partial charge in [0.15, 0.2) is 0 Å². The summed E-state index contributed by atoms with van der Waals surface area (Å²) in [5.74, 6) is -0.0751. The molecule has 0 aliphatic carbocycles. The molecule has 72 valence electrons. The summed E-state index contributed by atoms with van der Waals surface area (Å²) in [6, 6.07) is 0. The SMILES string of the molecule is CCCCC(=O)OCCCCN. The van der Waals surface area contributed by atoms with Gasteiger partial charge < -0.3 is 10.5 Å². The summed E-state index contributed by atoms with van der Waals surface area (Å²) in [6.07, 6.45) is 4.34. The van der Waals surface area contributed by atoms with Gasteiger partial charge in [-0.15, -0.1) is 0 Å². The number of carbonyl (C=O) groups is 1. The predicted molar refractivity (Wildman–Crippen MR) is 48.8 cm³/mol. The van der Waals surface area contributed by atoms with Crippen molar-refractivity contribution >= 4 is 5.97 Å². The molecule has 0 rings (SSSR count). The second kappa shape index (κ2) is 8.53. The van der Waals surface area contributed by atoms with E-state index in [1.165, 1.54) is 0 Å². The van der Waals surface area contributed by atoms with E-state index in [9.17, 15) is 4.79 Å². The first-order valence-electron chi connectivity index (χ1n) is 4.67. The minimum Gasteiger partial charge on any atom is -0.466 e. The molecule has 0 fully saturated rings. The van der Waals surface area contributed by atoms with Crippen LogP contribution in [0.5, 0.6) is 0 Å². The largest absolute Gasteiger partial charge is 0.466 e. The summed E-state index contributed by atoms with van der Waals surface area (Å²) in [5, 5.41) is 0. The lowest BCUT2D eigenvalue weighted by atomic mass is 10.2. The van der Waals surface area contributed by atoms with Crippen molar-refractivity contribution in [2.24, 2.45) is 5.73 Å². The first kappa shape index (κ1) is 11.4. The van der Waals surface area contributed by atoms with Crippen LogP contribution >= 0.6 is 0 Å². The molecule has 0 aliphatic rings. The maximum atomic E-state index is 10.9. The molecule has 0 atom stereocenters. The molecule has 0 radical (unpaired) electrons. The van der Waals surface area contributed by atoms with Gasteiger partial charge in [-0.1, -0.05) is 13.3 Å². The number of esters is 1. The summed E-state index contributed by atoms with van der Waals surface area (Å²) >= 11 is 0. The summed E-state index contributed by atoms with van der Waals surface area (Å²) in [5.41, 5.74) is 5.29. The molecule has 0 saturated heterocycles. The zero-order valence-electron chi connectivity index (χ0n) is 7.84. The van der Waals surface area contributed by atoms with Crippen LogP contribution in [-0.2, 0) is 9.53 Å². The van der Waals surface area contributed by atoms with Crippen LogP contribution < -0.4 is 5.73 Å². The third kappa shape index (κ3) is 7.54. The second-order valence-corrected chi connectivity index (χ2v) is 2.82. The highest BCUT2D eigenvalue weighted by atomic mass is 16.5. The molecule has 0 unspecified atom stereocenters. The van der Waals surface area contributed by atoms with E-state index < -0.39 is 0 Å². The summed E-state index contributed by atoms with van der Waals surface area (Å²) in [7, 11) is 0. The number of ether oxygens (including phenoxy) is 1. The van der Waals surface area contributed by atoms with Gasteiger partial charge >= 0.3 is 5.97 Å². The molecular formula is C9H19NO2. The fraction of sp³-hybridized carbons (Fsp3) is 0.889. The van der Waals surface area contributed by atoms with Crippen LogP contribution in [0.2, 0.25) is 0 Å². The van der Waals surface area contributed by atoms with E-state index in [1.807, 2.05) is 0 Å². The Morgan fingerprint density at radius 1 is 1.33 bits per heavy atom. The highest BCUT2D eigenvalue weighted by molar-refractivity contribution is 5.69. The van der Waals surface area contributed by atoms with Crippen molar-refractivity contribution < 1.29 is 9.53 Å². The number of nitrogens with two attached hydrogens (primary N) is 1. The summed E-state index contributed by atoms with van der Waals surface area (Å²) < 4.78 is 4.95. The maximum Gasteiger partial charge on any atom is 0.305 e. The van der Waals surface area contributed by atoms with Gasteiger partial charge in [0.2, 0.25) is 0 Å². The van der Waals surface area contributed by atoms with Crippen LogP contribution in [0.15, 0.2) is 0 Å².